The number of fused-ring (bicyclic) bond motifs is 1. The van der Waals surface area contributed by atoms with Crippen LogP contribution in [0.2, 0.25) is 0 Å². The summed E-state index contributed by atoms with van der Waals surface area (Å²) in [5.41, 5.74) is 2.14. The largest absolute Gasteiger partial charge is 0.361 e. The van der Waals surface area contributed by atoms with Gasteiger partial charge in [-0.2, -0.15) is 19.9 Å². The molecule has 0 unspecified atom stereocenters. The summed E-state index contributed by atoms with van der Waals surface area (Å²) in [5.74, 6) is 0.908. The van der Waals surface area contributed by atoms with Crippen LogP contribution in [0.4, 0.5) is 5.82 Å². The van der Waals surface area contributed by atoms with Gasteiger partial charge in [-0.05, 0) is 20.8 Å². The van der Waals surface area contributed by atoms with Crippen LogP contribution >= 0.6 is 0 Å². The molecule has 1 amide bonds. The Morgan fingerprint density at radius 1 is 1.32 bits per heavy atom. The number of carbonyl (C=O) groups is 1. The van der Waals surface area contributed by atoms with Crippen LogP contribution in [0.1, 0.15) is 22.7 Å². The molecule has 0 aliphatic carbocycles. The third kappa shape index (κ3) is 2.96. The fourth-order valence-corrected chi connectivity index (χ4v) is 2.97. The summed E-state index contributed by atoms with van der Waals surface area (Å²) in [7, 11) is 1.69. The molecule has 11 nitrogen and oxygen atoms in total. The lowest BCUT2D eigenvalue weighted by Crippen LogP contribution is -2.20. The number of carbonyl (C=O) groups excluding carboxylic acids is 1. The van der Waals surface area contributed by atoms with Gasteiger partial charge >= 0.3 is 0 Å². The molecule has 0 aliphatic rings. The Morgan fingerprint density at radius 3 is 2.82 bits per heavy atom. The predicted molar refractivity (Wildman–Crippen MR) is 99.3 cm³/mol. The number of aromatic nitrogens is 7. The number of amides is 1. The van der Waals surface area contributed by atoms with E-state index in [2.05, 4.69) is 30.6 Å². The van der Waals surface area contributed by atoms with Gasteiger partial charge in [0.05, 0.1) is 24.0 Å². The Kier molecular flexibility index (Phi) is 4.06. The van der Waals surface area contributed by atoms with Gasteiger partial charge in [0.2, 0.25) is 11.9 Å². The number of aromatic amines is 1. The van der Waals surface area contributed by atoms with Crippen LogP contribution in [-0.2, 0) is 18.3 Å². The van der Waals surface area contributed by atoms with E-state index in [0.717, 1.165) is 5.56 Å². The predicted octanol–water partition coefficient (Wildman–Crippen LogP) is 0.937. The monoisotopic (exact) mass is 382 g/mol. The fraction of sp³-hybridized carbons (Fsp3) is 0.294. The molecule has 0 fully saturated rings. The van der Waals surface area contributed by atoms with E-state index in [9.17, 15) is 9.59 Å². The minimum atomic E-state index is -0.339. The number of rotatable bonds is 4. The second kappa shape index (κ2) is 6.44. The van der Waals surface area contributed by atoms with Crippen molar-refractivity contribution in [3.63, 3.8) is 0 Å². The van der Waals surface area contributed by atoms with Gasteiger partial charge in [0.25, 0.3) is 5.56 Å². The number of hydrogen-bond acceptors (Lipinski definition) is 7. The summed E-state index contributed by atoms with van der Waals surface area (Å²) >= 11 is 0. The molecule has 2 N–H and O–H groups in total. The average molecular weight is 382 g/mol. The van der Waals surface area contributed by atoms with Crippen molar-refractivity contribution in [2.24, 2.45) is 7.05 Å². The molecule has 0 radical (unpaired) electrons. The minimum absolute atomic E-state index is 0.107. The van der Waals surface area contributed by atoms with Gasteiger partial charge in [-0.25, -0.2) is 0 Å². The van der Waals surface area contributed by atoms with Crippen molar-refractivity contribution < 1.29 is 9.32 Å². The molecule has 4 rings (SSSR count). The first kappa shape index (κ1) is 17.6. The highest BCUT2D eigenvalue weighted by Crippen LogP contribution is 2.17. The third-order valence-corrected chi connectivity index (χ3v) is 4.41. The standard InChI is InChI=1S/C17H18N8O3/c1-8-5-13(19-14(26)6-11-9(2)23-28-10(11)3)25(22-8)17-20-15-12(16(27)21-17)7-18-24(15)4/h5,7H,6H2,1-4H3,(H,19,26)(H,20,21,27). The Balaban J connectivity index is 1.69. The maximum atomic E-state index is 12.5. The van der Waals surface area contributed by atoms with Crippen molar-refractivity contribution in [2.75, 3.05) is 5.32 Å². The summed E-state index contributed by atoms with van der Waals surface area (Å²) in [6.07, 6.45) is 1.56. The van der Waals surface area contributed by atoms with Gasteiger partial charge in [0, 0.05) is 18.7 Å². The zero-order valence-electron chi connectivity index (χ0n) is 15.8. The molecule has 4 heterocycles. The maximum Gasteiger partial charge on any atom is 0.263 e. The van der Waals surface area contributed by atoms with Crippen molar-refractivity contribution in [3.05, 3.63) is 45.3 Å². The number of nitrogens with one attached hydrogen (secondary N) is 2. The van der Waals surface area contributed by atoms with Crippen molar-refractivity contribution in [3.8, 4) is 5.95 Å². The van der Waals surface area contributed by atoms with E-state index in [1.165, 1.54) is 15.6 Å². The first-order chi connectivity index (χ1) is 13.3. The first-order valence-corrected chi connectivity index (χ1v) is 8.54. The van der Waals surface area contributed by atoms with E-state index >= 15 is 0 Å². The van der Waals surface area contributed by atoms with Crippen molar-refractivity contribution in [1.82, 2.24) is 34.7 Å². The van der Waals surface area contributed by atoms with E-state index in [1.54, 1.807) is 33.9 Å². The summed E-state index contributed by atoms with van der Waals surface area (Å²) in [6.45, 7) is 5.32. The van der Waals surface area contributed by atoms with Crippen LogP contribution in [0.3, 0.4) is 0 Å². The molecule has 0 aliphatic heterocycles. The molecule has 0 saturated heterocycles. The van der Waals surface area contributed by atoms with Gasteiger partial charge in [-0.15, -0.1) is 0 Å². The second-order valence-corrected chi connectivity index (χ2v) is 6.51. The Labute approximate surface area is 158 Å². The van der Waals surface area contributed by atoms with Gasteiger partial charge in [0.1, 0.15) is 17.0 Å². The molecular weight excluding hydrogens is 364 g/mol. The quantitative estimate of drug-likeness (QED) is 0.536. The highest BCUT2D eigenvalue weighted by atomic mass is 16.5. The molecule has 4 aromatic heterocycles. The van der Waals surface area contributed by atoms with Gasteiger partial charge in [-0.3, -0.25) is 19.3 Å². The average Bonchev–Trinajstić information content (AvgIpc) is 3.29. The normalized spacial score (nSPS) is 11.3. The lowest BCUT2D eigenvalue weighted by Gasteiger charge is -2.08. The van der Waals surface area contributed by atoms with Crippen LogP contribution in [0, 0.1) is 20.8 Å². The fourth-order valence-electron chi connectivity index (χ4n) is 2.97. The van der Waals surface area contributed by atoms with Crippen LogP contribution < -0.4 is 10.9 Å². The van der Waals surface area contributed by atoms with E-state index in [-0.39, 0.29) is 23.8 Å². The highest BCUT2D eigenvalue weighted by Gasteiger charge is 2.18. The lowest BCUT2D eigenvalue weighted by atomic mass is 10.1. The van der Waals surface area contributed by atoms with Crippen molar-refractivity contribution in [2.45, 2.75) is 27.2 Å². The molecule has 0 spiro atoms. The number of hydrogen-bond donors (Lipinski definition) is 2. The zero-order valence-corrected chi connectivity index (χ0v) is 15.8. The van der Waals surface area contributed by atoms with Crippen molar-refractivity contribution >= 4 is 22.8 Å². The second-order valence-electron chi connectivity index (χ2n) is 6.51. The van der Waals surface area contributed by atoms with Gasteiger partial charge in [0.15, 0.2) is 5.65 Å². The molecule has 11 heteroatoms. The zero-order chi connectivity index (χ0) is 20.0. The van der Waals surface area contributed by atoms with Crippen LogP contribution in [0.5, 0.6) is 0 Å². The molecule has 28 heavy (non-hydrogen) atoms. The summed E-state index contributed by atoms with van der Waals surface area (Å²) < 4.78 is 7.98. The molecule has 0 bridgehead atoms. The smallest absolute Gasteiger partial charge is 0.263 e. The lowest BCUT2D eigenvalue weighted by molar-refractivity contribution is -0.115. The van der Waals surface area contributed by atoms with Crippen LogP contribution in [0.25, 0.3) is 17.0 Å². The Bertz CT molecular complexity index is 1240. The molecule has 0 aromatic carbocycles. The number of anilines is 1. The highest BCUT2D eigenvalue weighted by molar-refractivity contribution is 5.92. The van der Waals surface area contributed by atoms with Gasteiger partial charge < -0.3 is 9.84 Å². The molecule has 0 saturated carbocycles. The number of H-pyrrole nitrogens is 1. The van der Waals surface area contributed by atoms with E-state index in [4.69, 9.17) is 4.52 Å². The summed E-state index contributed by atoms with van der Waals surface area (Å²) in [6, 6.07) is 1.69. The first-order valence-electron chi connectivity index (χ1n) is 8.54. The SMILES string of the molecule is Cc1cc(NC(=O)Cc2c(C)noc2C)n(-c2nc3c(cnn3C)c(=O)[nH]2)n1. The molecular formula is C17H18N8O3. The maximum absolute atomic E-state index is 12.5. The topological polar surface area (TPSA) is 137 Å². The summed E-state index contributed by atoms with van der Waals surface area (Å²) in [5, 5.41) is 15.4. The van der Waals surface area contributed by atoms with Crippen LogP contribution in [-0.4, -0.2) is 40.6 Å². The Morgan fingerprint density at radius 2 is 2.11 bits per heavy atom. The Hall–Kier alpha value is -3.76. The summed E-state index contributed by atoms with van der Waals surface area (Å²) in [4.78, 5) is 32.0. The van der Waals surface area contributed by atoms with E-state index in [0.29, 0.717) is 34.0 Å². The number of aryl methyl sites for hydroxylation is 4. The molecule has 144 valence electrons. The van der Waals surface area contributed by atoms with Gasteiger partial charge in [-0.1, -0.05) is 5.16 Å². The van der Waals surface area contributed by atoms with E-state index < -0.39 is 0 Å². The van der Waals surface area contributed by atoms with Crippen LogP contribution in [0.15, 0.2) is 21.6 Å². The number of nitrogens with zero attached hydrogens (tertiary/aromatic N) is 6. The minimum Gasteiger partial charge on any atom is -0.361 e. The molecule has 4 aromatic rings. The van der Waals surface area contributed by atoms with E-state index in [1.807, 2.05) is 0 Å². The van der Waals surface area contributed by atoms with Crippen molar-refractivity contribution in [1.29, 1.82) is 0 Å². The molecule has 0 atom stereocenters. The third-order valence-electron chi connectivity index (χ3n) is 4.41.